The molecule has 1 saturated heterocycles. The Kier molecular flexibility index (Phi) is 4.44. The van der Waals surface area contributed by atoms with Gasteiger partial charge in [0.1, 0.15) is 0 Å². The quantitative estimate of drug-likeness (QED) is 0.928. The number of aliphatic hydroxyl groups excluding tert-OH is 1. The smallest absolute Gasteiger partial charge is 0.253 e. The van der Waals surface area contributed by atoms with Crippen molar-refractivity contribution in [3.8, 4) is 11.3 Å². The van der Waals surface area contributed by atoms with Crippen LogP contribution in [0.25, 0.3) is 11.3 Å². The first kappa shape index (κ1) is 15.7. The van der Waals surface area contributed by atoms with Gasteiger partial charge in [-0.2, -0.15) is 0 Å². The standard InChI is InChI=1S/C19H22N2O2/c1-13-8-9-18(20-14(13)2)15-5-3-6-16(11-15)19(23)21-10-4-7-17(22)12-21/h3,5-6,8-9,11,17,22H,4,7,10,12H2,1-2H3. The van der Waals surface area contributed by atoms with Gasteiger partial charge >= 0.3 is 0 Å². The summed E-state index contributed by atoms with van der Waals surface area (Å²) in [6.45, 7) is 5.16. The van der Waals surface area contributed by atoms with Crippen LogP contribution in [0.5, 0.6) is 0 Å². The van der Waals surface area contributed by atoms with E-state index >= 15 is 0 Å². The summed E-state index contributed by atoms with van der Waals surface area (Å²) in [5.74, 6) is -0.0190. The topological polar surface area (TPSA) is 53.4 Å². The summed E-state index contributed by atoms with van der Waals surface area (Å²) >= 11 is 0. The van der Waals surface area contributed by atoms with Crippen LogP contribution in [0.2, 0.25) is 0 Å². The monoisotopic (exact) mass is 310 g/mol. The van der Waals surface area contributed by atoms with E-state index in [1.807, 2.05) is 50.2 Å². The molecule has 0 spiro atoms. The number of carbonyl (C=O) groups excluding carboxylic acids is 1. The van der Waals surface area contributed by atoms with Crippen molar-refractivity contribution in [1.29, 1.82) is 0 Å². The molecule has 1 atom stereocenters. The van der Waals surface area contributed by atoms with E-state index in [1.165, 1.54) is 0 Å². The maximum absolute atomic E-state index is 12.6. The van der Waals surface area contributed by atoms with Gasteiger partial charge in [0.15, 0.2) is 0 Å². The van der Waals surface area contributed by atoms with E-state index in [0.717, 1.165) is 35.4 Å². The second kappa shape index (κ2) is 6.50. The van der Waals surface area contributed by atoms with E-state index < -0.39 is 6.10 Å². The van der Waals surface area contributed by atoms with Gasteiger partial charge < -0.3 is 10.0 Å². The van der Waals surface area contributed by atoms with Crippen molar-refractivity contribution in [2.24, 2.45) is 0 Å². The molecule has 2 heterocycles. The summed E-state index contributed by atoms with van der Waals surface area (Å²) < 4.78 is 0. The van der Waals surface area contributed by atoms with Gasteiger partial charge in [0.2, 0.25) is 0 Å². The number of piperidine rings is 1. The molecule has 0 radical (unpaired) electrons. The van der Waals surface area contributed by atoms with Gasteiger partial charge in [-0.1, -0.05) is 18.2 Å². The molecule has 1 N–H and O–H groups in total. The van der Waals surface area contributed by atoms with Gasteiger partial charge in [0, 0.05) is 29.9 Å². The Hall–Kier alpha value is -2.20. The number of aromatic nitrogens is 1. The predicted molar refractivity (Wildman–Crippen MR) is 90.3 cm³/mol. The number of benzene rings is 1. The van der Waals surface area contributed by atoms with Crippen LogP contribution >= 0.6 is 0 Å². The van der Waals surface area contributed by atoms with Gasteiger partial charge in [-0.05, 0) is 50.5 Å². The number of pyridine rings is 1. The van der Waals surface area contributed by atoms with Crippen LogP contribution in [0.3, 0.4) is 0 Å². The molecule has 4 nitrogen and oxygen atoms in total. The lowest BCUT2D eigenvalue weighted by Crippen LogP contribution is -2.42. The van der Waals surface area contributed by atoms with Gasteiger partial charge in [-0.15, -0.1) is 0 Å². The van der Waals surface area contributed by atoms with Crippen LogP contribution in [-0.4, -0.2) is 40.1 Å². The summed E-state index contributed by atoms with van der Waals surface area (Å²) in [6, 6.07) is 11.6. The number of nitrogens with zero attached hydrogens (tertiary/aromatic N) is 2. The average Bonchev–Trinajstić information content (AvgIpc) is 2.57. The summed E-state index contributed by atoms with van der Waals surface area (Å²) in [7, 11) is 0. The molecule has 0 aliphatic carbocycles. The number of hydrogen-bond donors (Lipinski definition) is 1. The van der Waals surface area contributed by atoms with Crippen molar-refractivity contribution in [2.45, 2.75) is 32.8 Å². The summed E-state index contributed by atoms with van der Waals surface area (Å²) in [5, 5.41) is 9.76. The van der Waals surface area contributed by atoms with Crippen LogP contribution in [-0.2, 0) is 0 Å². The Morgan fingerprint density at radius 1 is 1.26 bits per heavy atom. The van der Waals surface area contributed by atoms with Crippen LogP contribution in [0.4, 0.5) is 0 Å². The molecule has 1 aliphatic heterocycles. The molecule has 1 amide bonds. The minimum atomic E-state index is -0.405. The molecular formula is C19H22N2O2. The minimum absolute atomic E-state index is 0.0190. The SMILES string of the molecule is Cc1ccc(-c2cccc(C(=O)N3CCCC(O)C3)c2)nc1C. The van der Waals surface area contributed by atoms with Gasteiger partial charge in [-0.3, -0.25) is 9.78 Å². The fourth-order valence-electron chi connectivity index (χ4n) is 2.92. The number of aliphatic hydroxyl groups is 1. The maximum atomic E-state index is 12.6. The Labute approximate surface area is 136 Å². The van der Waals surface area contributed by atoms with Crippen LogP contribution in [0, 0.1) is 13.8 Å². The number of β-amino-alcohol motifs (C(OH)–C–C–N with tert-alkyl or cyclic N) is 1. The van der Waals surface area contributed by atoms with E-state index in [2.05, 4.69) is 4.98 Å². The van der Waals surface area contributed by atoms with Crippen molar-refractivity contribution in [1.82, 2.24) is 9.88 Å². The molecule has 0 bridgehead atoms. The van der Waals surface area contributed by atoms with Crippen molar-refractivity contribution in [3.05, 3.63) is 53.2 Å². The molecule has 23 heavy (non-hydrogen) atoms. The molecular weight excluding hydrogens is 288 g/mol. The summed E-state index contributed by atoms with van der Waals surface area (Å²) in [4.78, 5) is 19.0. The minimum Gasteiger partial charge on any atom is -0.391 e. The van der Waals surface area contributed by atoms with E-state index in [-0.39, 0.29) is 5.91 Å². The van der Waals surface area contributed by atoms with Gasteiger partial charge in [0.05, 0.1) is 11.8 Å². The molecule has 4 heteroatoms. The zero-order valence-electron chi connectivity index (χ0n) is 13.6. The zero-order chi connectivity index (χ0) is 16.4. The Bertz CT molecular complexity index is 727. The van der Waals surface area contributed by atoms with Crippen molar-refractivity contribution >= 4 is 5.91 Å². The third kappa shape index (κ3) is 3.42. The third-order valence-electron chi connectivity index (χ3n) is 4.44. The van der Waals surface area contributed by atoms with Crippen molar-refractivity contribution in [3.63, 3.8) is 0 Å². The maximum Gasteiger partial charge on any atom is 0.253 e. The van der Waals surface area contributed by atoms with Crippen molar-refractivity contribution < 1.29 is 9.90 Å². The van der Waals surface area contributed by atoms with Crippen molar-refractivity contribution in [2.75, 3.05) is 13.1 Å². The number of aryl methyl sites for hydroxylation is 2. The fourth-order valence-corrected chi connectivity index (χ4v) is 2.92. The van der Waals surface area contributed by atoms with Crippen LogP contribution in [0.15, 0.2) is 36.4 Å². The van der Waals surface area contributed by atoms with E-state index in [4.69, 9.17) is 0 Å². The molecule has 3 rings (SSSR count). The fraction of sp³-hybridized carbons (Fsp3) is 0.368. The lowest BCUT2D eigenvalue weighted by atomic mass is 10.0. The number of carbonyl (C=O) groups is 1. The Balaban J connectivity index is 1.87. The lowest BCUT2D eigenvalue weighted by molar-refractivity contribution is 0.0474. The molecule has 120 valence electrons. The number of likely N-dealkylation sites (tertiary alicyclic amines) is 1. The third-order valence-corrected chi connectivity index (χ3v) is 4.44. The van der Waals surface area contributed by atoms with E-state index in [1.54, 1.807) is 4.90 Å². The number of amides is 1. The highest BCUT2D eigenvalue weighted by molar-refractivity contribution is 5.95. The molecule has 1 aromatic heterocycles. The second-order valence-corrected chi connectivity index (χ2v) is 6.23. The first-order valence-corrected chi connectivity index (χ1v) is 8.06. The first-order chi connectivity index (χ1) is 11.0. The normalized spacial score (nSPS) is 18.0. The average molecular weight is 310 g/mol. The lowest BCUT2D eigenvalue weighted by Gasteiger charge is -2.30. The molecule has 1 aliphatic rings. The highest BCUT2D eigenvalue weighted by Gasteiger charge is 2.23. The molecule has 2 aromatic rings. The zero-order valence-corrected chi connectivity index (χ0v) is 13.6. The van der Waals surface area contributed by atoms with Crippen LogP contribution in [0.1, 0.15) is 34.5 Å². The molecule has 1 fully saturated rings. The number of hydrogen-bond acceptors (Lipinski definition) is 3. The Morgan fingerprint density at radius 2 is 2.09 bits per heavy atom. The van der Waals surface area contributed by atoms with E-state index in [9.17, 15) is 9.90 Å². The largest absolute Gasteiger partial charge is 0.391 e. The summed E-state index contributed by atoms with van der Waals surface area (Å²) in [6.07, 6.45) is 1.22. The van der Waals surface area contributed by atoms with Crippen LogP contribution < -0.4 is 0 Å². The van der Waals surface area contributed by atoms with Gasteiger partial charge in [-0.25, -0.2) is 0 Å². The van der Waals surface area contributed by atoms with Gasteiger partial charge in [0.25, 0.3) is 5.91 Å². The molecule has 1 aromatic carbocycles. The molecule has 0 saturated carbocycles. The highest BCUT2D eigenvalue weighted by Crippen LogP contribution is 2.21. The number of rotatable bonds is 2. The summed E-state index contributed by atoms with van der Waals surface area (Å²) in [5.41, 5.74) is 4.62. The highest BCUT2D eigenvalue weighted by atomic mass is 16.3. The Morgan fingerprint density at radius 3 is 2.83 bits per heavy atom. The second-order valence-electron chi connectivity index (χ2n) is 6.23. The van der Waals surface area contributed by atoms with E-state index in [0.29, 0.717) is 18.7 Å². The first-order valence-electron chi connectivity index (χ1n) is 8.06. The predicted octanol–water partition coefficient (Wildman–Crippen LogP) is 2.96. The molecule has 1 unspecified atom stereocenters.